The number of pyridine rings is 1. The standard InChI is InChI=1S/C20H25N5O3/c1-13(2)11-24-19(28)22-18(27)20(24)6-8-23(9-7-20)17(26)15-10-21-25-12-14(3)4-5-16(15)25/h4-5,10,12-13H,6-9,11H2,1-3H3,(H,22,27,28). The molecule has 2 aliphatic heterocycles. The highest BCUT2D eigenvalue weighted by molar-refractivity contribution is 6.07. The molecule has 1 spiro atoms. The van der Waals surface area contributed by atoms with E-state index in [0.29, 0.717) is 38.0 Å². The highest BCUT2D eigenvalue weighted by Gasteiger charge is 2.54. The summed E-state index contributed by atoms with van der Waals surface area (Å²) in [6.07, 6.45) is 4.37. The van der Waals surface area contributed by atoms with Gasteiger partial charge in [-0.2, -0.15) is 5.10 Å². The van der Waals surface area contributed by atoms with Gasteiger partial charge in [-0.05, 0) is 37.3 Å². The Hall–Kier alpha value is -2.90. The van der Waals surface area contributed by atoms with Crippen molar-refractivity contribution >= 4 is 23.4 Å². The SMILES string of the molecule is Cc1ccc2c(C(=O)N3CCC4(CC3)C(=O)NC(=O)N4CC(C)C)cnn2c1. The van der Waals surface area contributed by atoms with Crippen LogP contribution in [0.2, 0.25) is 0 Å². The number of rotatable bonds is 3. The van der Waals surface area contributed by atoms with Gasteiger partial charge in [-0.3, -0.25) is 14.9 Å². The molecule has 2 saturated heterocycles. The molecule has 0 atom stereocenters. The number of amides is 4. The number of carbonyl (C=O) groups excluding carboxylic acids is 3. The smallest absolute Gasteiger partial charge is 0.325 e. The van der Waals surface area contributed by atoms with Crippen LogP contribution in [-0.4, -0.2) is 62.4 Å². The van der Waals surface area contributed by atoms with Crippen molar-refractivity contribution < 1.29 is 14.4 Å². The number of imide groups is 1. The van der Waals surface area contributed by atoms with E-state index in [-0.39, 0.29) is 23.8 Å². The van der Waals surface area contributed by atoms with E-state index in [2.05, 4.69) is 10.4 Å². The Balaban J connectivity index is 1.54. The molecule has 2 aromatic heterocycles. The number of piperidine rings is 1. The minimum Gasteiger partial charge on any atom is -0.338 e. The molecule has 2 fully saturated rings. The molecule has 0 unspecified atom stereocenters. The van der Waals surface area contributed by atoms with Gasteiger partial charge in [0.25, 0.3) is 11.8 Å². The summed E-state index contributed by atoms with van der Waals surface area (Å²) in [4.78, 5) is 41.3. The lowest BCUT2D eigenvalue weighted by Crippen LogP contribution is -2.58. The first-order valence-corrected chi connectivity index (χ1v) is 9.68. The van der Waals surface area contributed by atoms with E-state index in [1.165, 1.54) is 0 Å². The third-order valence-corrected chi connectivity index (χ3v) is 5.72. The average molecular weight is 383 g/mol. The zero-order valence-corrected chi connectivity index (χ0v) is 16.4. The number of fused-ring (bicyclic) bond motifs is 1. The van der Waals surface area contributed by atoms with Crippen LogP contribution in [0.25, 0.3) is 5.52 Å². The van der Waals surface area contributed by atoms with Crippen LogP contribution < -0.4 is 5.32 Å². The fourth-order valence-corrected chi connectivity index (χ4v) is 4.22. The number of carbonyl (C=O) groups is 3. The van der Waals surface area contributed by atoms with Gasteiger partial charge in [-0.1, -0.05) is 19.9 Å². The van der Waals surface area contributed by atoms with Crippen LogP contribution in [0.1, 0.15) is 42.6 Å². The third kappa shape index (κ3) is 2.83. The molecular weight excluding hydrogens is 358 g/mol. The topological polar surface area (TPSA) is 87.0 Å². The van der Waals surface area contributed by atoms with Crippen LogP contribution in [-0.2, 0) is 4.79 Å². The number of nitrogens with zero attached hydrogens (tertiary/aromatic N) is 4. The van der Waals surface area contributed by atoms with Gasteiger partial charge in [-0.25, -0.2) is 9.31 Å². The number of hydrogen-bond acceptors (Lipinski definition) is 4. The number of nitrogens with one attached hydrogen (secondary N) is 1. The molecule has 4 amide bonds. The monoisotopic (exact) mass is 383 g/mol. The van der Waals surface area contributed by atoms with E-state index < -0.39 is 5.54 Å². The number of urea groups is 1. The van der Waals surface area contributed by atoms with Gasteiger partial charge in [0.1, 0.15) is 5.54 Å². The van der Waals surface area contributed by atoms with Crippen LogP contribution in [0.5, 0.6) is 0 Å². The van der Waals surface area contributed by atoms with Gasteiger partial charge in [0.05, 0.1) is 17.3 Å². The Labute approximate surface area is 163 Å². The number of aromatic nitrogens is 2. The molecule has 8 nitrogen and oxygen atoms in total. The summed E-state index contributed by atoms with van der Waals surface area (Å²) >= 11 is 0. The second-order valence-electron chi connectivity index (χ2n) is 8.18. The maximum Gasteiger partial charge on any atom is 0.325 e. The van der Waals surface area contributed by atoms with Gasteiger partial charge in [0.2, 0.25) is 0 Å². The summed E-state index contributed by atoms with van der Waals surface area (Å²) in [5, 5.41) is 6.75. The first-order valence-electron chi connectivity index (χ1n) is 9.68. The highest BCUT2D eigenvalue weighted by atomic mass is 16.2. The second-order valence-corrected chi connectivity index (χ2v) is 8.18. The largest absolute Gasteiger partial charge is 0.338 e. The predicted octanol–water partition coefficient (Wildman–Crippen LogP) is 1.83. The lowest BCUT2D eigenvalue weighted by Gasteiger charge is -2.42. The second kappa shape index (κ2) is 6.61. The van der Waals surface area contributed by atoms with Gasteiger partial charge in [0, 0.05) is 25.8 Å². The molecule has 0 radical (unpaired) electrons. The van der Waals surface area contributed by atoms with E-state index in [1.54, 1.807) is 20.5 Å². The van der Waals surface area contributed by atoms with Crippen molar-refractivity contribution in [3.8, 4) is 0 Å². The summed E-state index contributed by atoms with van der Waals surface area (Å²) in [5.41, 5.74) is 1.56. The van der Waals surface area contributed by atoms with Gasteiger partial charge in [-0.15, -0.1) is 0 Å². The minimum absolute atomic E-state index is 0.0890. The van der Waals surface area contributed by atoms with Crippen molar-refractivity contribution in [3.63, 3.8) is 0 Å². The van der Waals surface area contributed by atoms with E-state index in [0.717, 1.165) is 11.1 Å². The normalized spacial score (nSPS) is 19.1. The van der Waals surface area contributed by atoms with Crippen molar-refractivity contribution in [3.05, 3.63) is 35.7 Å². The lowest BCUT2D eigenvalue weighted by atomic mass is 9.85. The summed E-state index contributed by atoms with van der Waals surface area (Å²) in [7, 11) is 0. The molecule has 2 aliphatic rings. The maximum atomic E-state index is 13.1. The first-order chi connectivity index (χ1) is 13.3. The summed E-state index contributed by atoms with van der Waals surface area (Å²) in [6.45, 7) is 7.40. The molecule has 0 aromatic carbocycles. The summed E-state index contributed by atoms with van der Waals surface area (Å²) in [6, 6.07) is 3.53. The Morgan fingerprint density at radius 2 is 1.96 bits per heavy atom. The van der Waals surface area contributed by atoms with E-state index in [9.17, 15) is 14.4 Å². The molecule has 2 aromatic rings. The zero-order valence-electron chi connectivity index (χ0n) is 16.4. The van der Waals surface area contributed by atoms with Crippen LogP contribution in [0.3, 0.4) is 0 Å². The van der Waals surface area contributed by atoms with E-state index >= 15 is 0 Å². The minimum atomic E-state index is -0.837. The van der Waals surface area contributed by atoms with Gasteiger partial charge < -0.3 is 9.80 Å². The molecule has 1 N–H and O–H groups in total. The summed E-state index contributed by atoms with van der Waals surface area (Å²) in [5.74, 6) is -0.0685. The average Bonchev–Trinajstić information content (AvgIpc) is 3.16. The van der Waals surface area contributed by atoms with Crippen molar-refractivity contribution in [2.45, 2.75) is 39.2 Å². The number of aryl methyl sites for hydroxylation is 1. The predicted molar refractivity (Wildman–Crippen MR) is 103 cm³/mol. The number of likely N-dealkylation sites (tertiary alicyclic amines) is 1. The Kier molecular flexibility index (Phi) is 4.36. The van der Waals surface area contributed by atoms with Crippen LogP contribution in [0.15, 0.2) is 24.5 Å². The lowest BCUT2D eigenvalue weighted by molar-refractivity contribution is -0.129. The Morgan fingerprint density at radius 3 is 2.64 bits per heavy atom. The highest BCUT2D eigenvalue weighted by Crippen LogP contribution is 2.34. The molecule has 28 heavy (non-hydrogen) atoms. The zero-order chi connectivity index (χ0) is 20.1. The molecule has 0 aliphatic carbocycles. The van der Waals surface area contributed by atoms with Crippen molar-refractivity contribution in [2.24, 2.45) is 5.92 Å². The van der Waals surface area contributed by atoms with Crippen molar-refractivity contribution in [1.82, 2.24) is 24.7 Å². The molecule has 8 heteroatoms. The first kappa shape index (κ1) is 18.5. The van der Waals surface area contributed by atoms with Crippen LogP contribution >= 0.6 is 0 Å². The Bertz CT molecular complexity index is 956. The van der Waals surface area contributed by atoms with E-state index in [1.807, 2.05) is 39.1 Å². The molecule has 148 valence electrons. The maximum absolute atomic E-state index is 13.1. The molecule has 4 heterocycles. The quantitative estimate of drug-likeness (QED) is 0.819. The molecular formula is C20H25N5O3. The third-order valence-electron chi connectivity index (χ3n) is 5.72. The van der Waals surface area contributed by atoms with Crippen molar-refractivity contribution in [2.75, 3.05) is 19.6 Å². The molecule has 0 bridgehead atoms. The van der Waals surface area contributed by atoms with Crippen LogP contribution in [0, 0.1) is 12.8 Å². The molecule has 4 rings (SSSR count). The van der Waals surface area contributed by atoms with Crippen molar-refractivity contribution in [1.29, 1.82) is 0 Å². The van der Waals surface area contributed by atoms with Gasteiger partial charge in [0.15, 0.2) is 0 Å². The van der Waals surface area contributed by atoms with Crippen LogP contribution in [0.4, 0.5) is 4.79 Å². The Morgan fingerprint density at radius 1 is 1.25 bits per heavy atom. The van der Waals surface area contributed by atoms with Gasteiger partial charge >= 0.3 is 6.03 Å². The summed E-state index contributed by atoms with van der Waals surface area (Å²) < 4.78 is 1.71. The number of hydrogen-bond donors (Lipinski definition) is 1. The fourth-order valence-electron chi connectivity index (χ4n) is 4.22. The fraction of sp³-hybridized carbons (Fsp3) is 0.500. The van der Waals surface area contributed by atoms with E-state index in [4.69, 9.17) is 0 Å². The molecule has 0 saturated carbocycles.